The van der Waals surface area contributed by atoms with E-state index < -0.39 is 23.6 Å². The number of hydrogen-bond acceptors (Lipinski definition) is 4. The fourth-order valence-corrected chi connectivity index (χ4v) is 3.63. The molecule has 2 aromatic rings. The largest absolute Gasteiger partial charge is 0.451 e. The van der Waals surface area contributed by atoms with Crippen molar-refractivity contribution in [2.45, 2.75) is 18.2 Å². The lowest BCUT2D eigenvalue weighted by molar-refractivity contribution is -0.159. The van der Waals surface area contributed by atoms with Gasteiger partial charge in [0.15, 0.2) is 6.10 Å². The molecule has 0 saturated heterocycles. The molecule has 1 amide bonds. The molecule has 0 aliphatic carbocycles. The highest BCUT2D eigenvalue weighted by Crippen LogP contribution is 2.46. The minimum absolute atomic E-state index is 0.320. The summed E-state index contributed by atoms with van der Waals surface area (Å²) in [5.74, 6) is -1.07. The Labute approximate surface area is 152 Å². The van der Waals surface area contributed by atoms with Crippen LogP contribution in [0.25, 0.3) is 0 Å². The molecule has 0 unspecified atom stereocenters. The van der Waals surface area contributed by atoms with Crippen LogP contribution in [-0.4, -0.2) is 23.1 Å². The lowest BCUT2D eigenvalue weighted by atomic mass is 9.89. The molecular formula is C19H14BrNO4. The molecule has 0 aromatic heterocycles. The summed E-state index contributed by atoms with van der Waals surface area (Å²) in [4.78, 5) is 26.1. The number of carbonyl (C=O) groups excluding carboxylic acids is 2. The molecule has 5 nitrogen and oxygen atoms in total. The standard InChI is InChI=1S/C19H14BrNO4/c20-13-6-7-15-14(10-13)19(24,16-8-9-17(22)25-16)18(23)21(15)11-12-4-2-1-3-5-12/h1-10,16,24H,11H2/t16-,19-/m0/s1. The van der Waals surface area contributed by atoms with Gasteiger partial charge in [-0.15, -0.1) is 0 Å². The van der Waals surface area contributed by atoms with Crippen LogP contribution in [0, 0.1) is 0 Å². The number of carbonyl (C=O) groups is 2. The summed E-state index contributed by atoms with van der Waals surface area (Å²) in [6, 6.07) is 14.8. The molecule has 2 aliphatic rings. The molecule has 2 aliphatic heterocycles. The van der Waals surface area contributed by atoms with Gasteiger partial charge >= 0.3 is 5.97 Å². The molecular weight excluding hydrogens is 386 g/mol. The minimum atomic E-state index is -1.93. The third-order valence-corrected chi connectivity index (χ3v) is 4.97. The van der Waals surface area contributed by atoms with Crippen LogP contribution in [0.4, 0.5) is 5.69 Å². The average molecular weight is 400 g/mol. The number of benzene rings is 2. The van der Waals surface area contributed by atoms with Crippen LogP contribution in [0.3, 0.4) is 0 Å². The van der Waals surface area contributed by atoms with Crippen molar-refractivity contribution in [2.24, 2.45) is 0 Å². The molecule has 1 N–H and O–H groups in total. The van der Waals surface area contributed by atoms with Gasteiger partial charge in [0.05, 0.1) is 12.2 Å². The fourth-order valence-electron chi connectivity index (χ4n) is 3.27. The third-order valence-electron chi connectivity index (χ3n) is 4.48. The van der Waals surface area contributed by atoms with Gasteiger partial charge in [-0.25, -0.2) is 4.79 Å². The number of nitrogens with zero attached hydrogens (tertiary/aromatic N) is 1. The molecule has 0 bridgehead atoms. The second-order valence-electron chi connectivity index (χ2n) is 6.02. The monoisotopic (exact) mass is 399 g/mol. The van der Waals surface area contributed by atoms with Crippen molar-refractivity contribution in [3.05, 3.63) is 76.3 Å². The summed E-state index contributed by atoms with van der Waals surface area (Å²) in [7, 11) is 0. The molecule has 6 heteroatoms. The van der Waals surface area contributed by atoms with E-state index in [0.29, 0.717) is 17.8 Å². The van der Waals surface area contributed by atoms with E-state index in [1.807, 2.05) is 36.4 Å². The lowest BCUT2D eigenvalue weighted by Gasteiger charge is -2.27. The second-order valence-corrected chi connectivity index (χ2v) is 6.94. The quantitative estimate of drug-likeness (QED) is 0.805. The Morgan fingerprint density at radius 3 is 2.60 bits per heavy atom. The van der Waals surface area contributed by atoms with Crippen LogP contribution < -0.4 is 4.90 Å². The number of fused-ring (bicyclic) bond motifs is 1. The Morgan fingerprint density at radius 1 is 1.16 bits per heavy atom. The van der Waals surface area contributed by atoms with Crippen molar-refractivity contribution in [3.63, 3.8) is 0 Å². The zero-order chi connectivity index (χ0) is 17.6. The van der Waals surface area contributed by atoms with E-state index >= 15 is 0 Å². The first kappa shape index (κ1) is 16.1. The van der Waals surface area contributed by atoms with Crippen LogP contribution in [0.2, 0.25) is 0 Å². The van der Waals surface area contributed by atoms with E-state index in [-0.39, 0.29) is 0 Å². The Bertz CT molecular complexity index is 896. The SMILES string of the molecule is O=C1C=C[C@@H]([C@]2(O)C(=O)N(Cc3ccccc3)c3ccc(Br)cc32)O1. The van der Waals surface area contributed by atoms with Crippen molar-refractivity contribution < 1.29 is 19.4 Å². The van der Waals surface area contributed by atoms with E-state index in [2.05, 4.69) is 15.9 Å². The van der Waals surface area contributed by atoms with Crippen LogP contribution in [0.5, 0.6) is 0 Å². The molecule has 2 atom stereocenters. The summed E-state index contributed by atoms with van der Waals surface area (Å²) in [6.07, 6.45) is 1.62. The van der Waals surface area contributed by atoms with Crippen LogP contribution in [0.15, 0.2) is 65.2 Å². The number of anilines is 1. The highest BCUT2D eigenvalue weighted by molar-refractivity contribution is 9.10. The molecule has 4 rings (SSSR count). The molecule has 126 valence electrons. The highest BCUT2D eigenvalue weighted by Gasteiger charge is 2.56. The third kappa shape index (κ3) is 2.49. The van der Waals surface area contributed by atoms with Crippen molar-refractivity contribution >= 4 is 33.5 Å². The summed E-state index contributed by atoms with van der Waals surface area (Å²) >= 11 is 3.38. The van der Waals surface area contributed by atoms with Gasteiger partial charge in [0.1, 0.15) is 0 Å². The van der Waals surface area contributed by atoms with Crippen LogP contribution in [0.1, 0.15) is 11.1 Å². The lowest BCUT2D eigenvalue weighted by Crippen LogP contribution is -2.48. The first-order valence-electron chi connectivity index (χ1n) is 7.77. The number of amides is 1. The van der Waals surface area contributed by atoms with Crippen molar-refractivity contribution in [2.75, 3.05) is 4.90 Å². The zero-order valence-corrected chi connectivity index (χ0v) is 14.6. The molecule has 0 saturated carbocycles. The molecule has 2 heterocycles. The summed E-state index contributed by atoms with van der Waals surface area (Å²) in [6.45, 7) is 0.320. The van der Waals surface area contributed by atoms with Gasteiger partial charge in [-0.05, 0) is 29.8 Å². The van der Waals surface area contributed by atoms with Crippen molar-refractivity contribution in [3.8, 4) is 0 Å². The first-order chi connectivity index (χ1) is 12.0. The van der Waals surface area contributed by atoms with Crippen LogP contribution >= 0.6 is 15.9 Å². The fraction of sp³-hybridized carbons (Fsp3) is 0.158. The zero-order valence-electron chi connectivity index (χ0n) is 13.1. The maximum absolute atomic E-state index is 13.1. The summed E-state index contributed by atoms with van der Waals surface area (Å²) in [5.41, 5.74) is 0.0345. The Balaban J connectivity index is 1.80. The number of rotatable bonds is 3. The number of cyclic esters (lactones) is 1. The van der Waals surface area contributed by atoms with E-state index in [1.54, 1.807) is 12.1 Å². The Hall–Kier alpha value is -2.44. The van der Waals surface area contributed by atoms with E-state index in [1.165, 1.54) is 17.1 Å². The van der Waals surface area contributed by atoms with Gasteiger partial charge in [-0.3, -0.25) is 4.79 Å². The molecule has 2 aromatic carbocycles. The normalized spacial score (nSPS) is 24.6. The van der Waals surface area contributed by atoms with Crippen molar-refractivity contribution in [1.29, 1.82) is 0 Å². The number of halogens is 1. The predicted molar refractivity (Wildman–Crippen MR) is 94.7 cm³/mol. The van der Waals surface area contributed by atoms with Gasteiger partial charge in [0.25, 0.3) is 5.91 Å². The highest BCUT2D eigenvalue weighted by atomic mass is 79.9. The maximum atomic E-state index is 13.1. The van der Waals surface area contributed by atoms with Gasteiger partial charge in [0, 0.05) is 16.1 Å². The first-order valence-corrected chi connectivity index (χ1v) is 8.56. The smallest absolute Gasteiger partial charge is 0.331 e. The van der Waals surface area contributed by atoms with E-state index in [4.69, 9.17) is 4.74 Å². The van der Waals surface area contributed by atoms with Gasteiger partial charge in [0.2, 0.25) is 5.60 Å². The second kappa shape index (κ2) is 5.82. The number of esters is 1. The predicted octanol–water partition coefficient (Wildman–Crippen LogP) is 2.67. The maximum Gasteiger partial charge on any atom is 0.331 e. The van der Waals surface area contributed by atoms with E-state index in [9.17, 15) is 14.7 Å². The molecule has 0 fully saturated rings. The summed E-state index contributed by atoms with van der Waals surface area (Å²) < 4.78 is 5.88. The topological polar surface area (TPSA) is 66.8 Å². The average Bonchev–Trinajstić information content (AvgIpc) is 3.13. The van der Waals surface area contributed by atoms with E-state index in [0.717, 1.165) is 10.0 Å². The molecule has 25 heavy (non-hydrogen) atoms. The Morgan fingerprint density at radius 2 is 1.92 bits per heavy atom. The number of aliphatic hydroxyl groups is 1. The molecule has 0 spiro atoms. The Kier molecular flexibility index (Phi) is 3.74. The number of ether oxygens (including phenoxy) is 1. The van der Waals surface area contributed by atoms with Crippen LogP contribution in [-0.2, 0) is 26.5 Å². The molecule has 0 radical (unpaired) electrons. The van der Waals surface area contributed by atoms with Gasteiger partial charge in [-0.2, -0.15) is 0 Å². The van der Waals surface area contributed by atoms with Gasteiger partial charge in [-0.1, -0.05) is 46.3 Å². The summed E-state index contributed by atoms with van der Waals surface area (Å²) in [5, 5.41) is 11.3. The number of hydrogen-bond donors (Lipinski definition) is 1. The van der Waals surface area contributed by atoms with Gasteiger partial charge < -0.3 is 14.7 Å². The minimum Gasteiger partial charge on any atom is -0.451 e. The van der Waals surface area contributed by atoms with Crippen molar-refractivity contribution in [1.82, 2.24) is 0 Å².